The molecule has 0 spiro atoms. The number of nitrogens with zero attached hydrogens (tertiary/aromatic N) is 4. The third kappa shape index (κ3) is 2.35. The van der Waals surface area contributed by atoms with Crippen LogP contribution < -0.4 is 0 Å². The molecule has 0 radical (unpaired) electrons. The lowest BCUT2D eigenvalue weighted by molar-refractivity contribution is 0.881. The molecule has 74 valence electrons. The summed E-state index contributed by atoms with van der Waals surface area (Å²) in [6, 6.07) is 1.96. The molecular formula is C9H13N5. The minimum absolute atomic E-state index is 0.575. The van der Waals surface area contributed by atoms with E-state index in [0.717, 1.165) is 11.1 Å². The average Bonchev–Trinajstić information content (AvgIpc) is 2.74. The van der Waals surface area contributed by atoms with E-state index in [0.29, 0.717) is 5.82 Å². The Kier molecular flexibility index (Phi) is 3.72. The summed E-state index contributed by atoms with van der Waals surface area (Å²) in [6.45, 7) is 5.97. The van der Waals surface area contributed by atoms with Gasteiger partial charge in [-0.25, -0.2) is 0 Å². The van der Waals surface area contributed by atoms with Gasteiger partial charge in [0.15, 0.2) is 0 Å². The van der Waals surface area contributed by atoms with Gasteiger partial charge in [0.1, 0.15) is 0 Å². The Balaban J connectivity index is 0.000000461. The van der Waals surface area contributed by atoms with Gasteiger partial charge in [-0.3, -0.25) is 4.98 Å². The molecule has 2 heterocycles. The summed E-state index contributed by atoms with van der Waals surface area (Å²) in [5, 5.41) is 13.5. The summed E-state index contributed by atoms with van der Waals surface area (Å²) in [5.41, 5.74) is 1.96. The molecule has 1 N–H and O–H groups in total. The second-order valence-electron chi connectivity index (χ2n) is 2.49. The molecule has 2 aromatic heterocycles. The predicted molar refractivity (Wildman–Crippen MR) is 53.5 cm³/mol. The van der Waals surface area contributed by atoms with Crippen LogP contribution in [0.1, 0.15) is 19.4 Å². The van der Waals surface area contributed by atoms with Crippen molar-refractivity contribution in [2.45, 2.75) is 20.8 Å². The zero-order valence-corrected chi connectivity index (χ0v) is 8.52. The number of aromatic amines is 1. The zero-order chi connectivity index (χ0) is 10.4. The number of rotatable bonds is 1. The van der Waals surface area contributed by atoms with Crippen LogP contribution in [0, 0.1) is 6.92 Å². The Labute approximate surface area is 82.6 Å². The maximum atomic E-state index is 4.02. The molecule has 5 heteroatoms. The minimum atomic E-state index is 0.575. The van der Waals surface area contributed by atoms with Gasteiger partial charge in [0, 0.05) is 18.0 Å². The smallest absolute Gasteiger partial charge is 0.206 e. The van der Waals surface area contributed by atoms with Gasteiger partial charge in [0.25, 0.3) is 0 Å². The SMILES string of the molecule is CC.Cc1cncc(-c2nn[nH]n2)c1. The molecule has 5 nitrogen and oxygen atoms in total. The molecule has 0 aliphatic carbocycles. The quantitative estimate of drug-likeness (QED) is 0.743. The van der Waals surface area contributed by atoms with Crippen LogP contribution in [-0.4, -0.2) is 25.6 Å². The van der Waals surface area contributed by atoms with Crippen LogP contribution in [0.4, 0.5) is 0 Å². The molecule has 0 fully saturated rings. The third-order valence-corrected chi connectivity index (χ3v) is 1.48. The van der Waals surface area contributed by atoms with Crippen LogP contribution in [0.3, 0.4) is 0 Å². The molecular weight excluding hydrogens is 178 g/mol. The minimum Gasteiger partial charge on any atom is -0.264 e. The van der Waals surface area contributed by atoms with E-state index in [1.807, 2.05) is 26.8 Å². The van der Waals surface area contributed by atoms with Crippen molar-refractivity contribution >= 4 is 0 Å². The first-order valence-electron chi connectivity index (χ1n) is 4.52. The number of hydrogen-bond donors (Lipinski definition) is 1. The normalized spacial score (nSPS) is 9.07. The zero-order valence-electron chi connectivity index (χ0n) is 8.52. The molecule has 14 heavy (non-hydrogen) atoms. The maximum Gasteiger partial charge on any atom is 0.206 e. The fourth-order valence-corrected chi connectivity index (χ4v) is 0.961. The van der Waals surface area contributed by atoms with Gasteiger partial charge < -0.3 is 0 Å². The summed E-state index contributed by atoms with van der Waals surface area (Å²) in [6.07, 6.45) is 3.49. The lowest BCUT2D eigenvalue weighted by Gasteiger charge is -1.93. The number of pyridine rings is 1. The van der Waals surface area contributed by atoms with Crippen molar-refractivity contribution in [1.82, 2.24) is 25.6 Å². The summed E-state index contributed by atoms with van der Waals surface area (Å²) in [7, 11) is 0. The highest BCUT2D eigenvalue weighted by Crippen LogP contribution is 2.11. The molecule has 0 aliphatic rings. The Morgan fingerprint density at radius 1 is 1.21 bits per heavy atom. The summed E-state index contributed by atoms with van der Waals surface area (Å²) >= 11 is 0. The standard InChI is InChI=1S/C7H7N5.C2H6/c1-5-2-6(4-8-3-5)7-9-11-12-10-7;1-2/h2-4H,1H3,(H,9,10,11,12);1-2H3. The van der Waals surface area contributed by atoms with E-state index in [9.17, 15) is 0 Å². The number of H-pyrrole nitrogens is 1. The van der Waals surface area contributed by atoms with Crippen LogP contribution in [0.5, 0.6) is 0 Å². The molecule has 0 saturated carbocycles. The average molecular weight is 191 g/mol. The van der Waals surface area contributed by atoms with Crippen molar-refractivity contribution in [2.75, 3.05) is 0 Å². The van der Waals surface area contributed by atoms with E-state index >= 15 is 0 Å². The Hall–Kier alpha value is -1.78. The number of hydrogen-bond acceptors (Lipinski definition) is 4. The molecule has 0 bridgehead atoms. The fourth-order valence-electron chi connectivity index (χ4n) is 0.961. The number of aryl methyl sites for hydroxylation is 1. The first-order chi connectivity index (χ1) is 6.86. The fraction of sp³-hybridized carbons (Fsp3) is 0.333. The van der Waals surface area contributed by atoms with Gasteiger partial charge in [0.05, 0.1) is 0 Å². The van der Waals surface area contributed by atoms with Crippen molar-refractivity contribution < 1.29 is 0 Å². The number of tetrazole rings is 1. The summed E-state index contributed by atoms with van der Waals surface area (Å²) < 4.78 is 0. The molecule has 0 aliphatic heterocycles. The summed E-state index contributed by atoms with van der Waals surface area (Å²) in [5.74, 6) is 0.575. The van der Waals surface area contributed by atoms with Crippen molar-refractivity contribution in [3.63, 3.8) is 0 Å². The first kappa shape index (κ1) is 10.3. The van der Waals surface area contributed by atoms with E-state index in [2.05, 4.69) is 25.6 Å². The molecule has 0 atom stereocenters. The lowest BCUT2D eigenvalue weighted by atomic mass is 10.2. The molecule has 2 rings (SSSR count). The topological polar surface area (TPSA) is 67.3 Å². The molecule has 0 amide bonds. The lowest BCUT2D eigenvalue weighted by Crippen LogP contribution is -1.84. The van der Waals surface area contributed by atoms with Crippen LogP contribution in [0.25, 0.3) is 11.4 Å². The van der Waals surface area contributed by atoms with E-state index < -0.39 is 0 Å². The molecule has 2 aromatic rings. The Morgan fingerprint density at radius 2 is 2.00 bits per heavy atom. The van der Waals surface area contributed by atoms with Crippen LogP contribution in [0.15, 0.2) is 18.5 Å². The second-order valence-corrected chi connectivity index (χ2v) is 2.49. The van der Waals surface area contributed by atoms with Crippen LogP contribution >= 0.6 is 0 Å². The van der Waals surface area contributed by atoms with Crippen molar-refractivity contribution in [1.29, 1.82) is 0 Å². The highest BCUT2D eigenvalue weighted by molar-refractivity contribution is 5.52. The molecule has 0 saturated heterocycles. The highest BCUT2D eigenvalue weighted by Gasteiger charge is 2.01. The van der Waals surface area contributed by atoms with Gasteiger partial charge in [-0.05, 0) is 23.8 Å². The van der Waals surface area contributed by atoms with Crippen LogP contribution in [-0.2, 0) is 0 Å². The van der Waals surface area contributed by atoms with Crippen molar-refractivity contribution in [2.24, 2.45) is 0 Å². The number of nitrogens with one attached hydrogen (secondary N) is 1. The van der Waals surface area contributed by atoms with Gasteiger partial charge in [-0.2, -0.15) is 5.21 Å². The van der Waals surface area contributed by atoms with E-state index in [1.165, 1.54) is 0 Å². The highest BCUT2D eigenvalue weighted by atomic mass is 15.5. The third-order valence-electron chi connectivity index (χ3n) is 1.48. The van der Waals surface area contributed by atoms with Gasteiger partial charge in [-0.15, -0.1) is 10.2 Å². The van der Waals surface area contributed by atoms with E-state index in [4.69, 9.17) is 0 Å². The van der Waals surface area contributed by atoms with E-state index in [-0.39, 0.29) is 0 Å². The monoisotopic (exact) mass is 191 g/mol. The predicted octanol–water partition coefficient (Wildman–Crippen LogP) is 1.60. The largest absolute Gasteiger partial charge is 0.264 e. The Morgan fingerprint density at radius 3 is 2.57 bits per heavy atom. The Bertz CT molecular complexity index is 368. The number of aromatic nitrogens is 5. The van der Waals surface area contributed by atoms with Gasteiger partial charge in [0.2, 0.25) is 5.82 Å². The van der Waals surface area contributed by atoms with Gasteiger partial charge >= 0.3 is 0 Å². The molecule has 0 unspecified atom stereocenters. The van der Waals surface area contributed by atoms with Crippen LogP contribution in [0.2, 0.25) is 0 Å². The van der Waals surface area contributed by atoms with Crippen molar-refractivity contribution in [3.05, 3.63) is 24.0 Å². The summed E-state index contributed by atoms with van der Waals surface area (Å²) in [4.78, 5) is 4.02. The second kappa shape index (κ2) is 5.06. The van der Waals surface area contributed by atoms with Crippen molar-refractivity contribution in [3.8, 4) is 11.4 Å². The van der Waals surface area contributed by atoms with E-state index in [1.54, 1.807) is 12.4 Å². The van der Waals surface area contributed by atoms with Gasteiger partial charge in [-0.1, -0.05) is 13.8 Å². The molecule has 0 aromatic carbocycles. The first-order valence-corrected chi connectivity index (χ1v) is 4.52. The maximum absolute atomic E-state index is 4.02.